The second-order valence-corrected chi connectivity index (χ2v) is 6.36. The molecule has 108 valence electrons. The largest absolute Gasteiger partial charge is 0.370 e. The Kier molecular flexibility index (Phi) is 4.08. The molecule has 0 bridgehead atoms. The fourth-order valence-corrected chi connectivity index (χ4v) is 3.39. The molecule has 0 unspecified atom stereocenters. The number of hydrogen-bond donors (Lipinski definition) is 0. The fourth-order valence-electron chi connectivity index (χ4n) is 2.53. The third kappa shape index (κ3) is 3.01. The molecule has 0 saturated carbocycles. The monoisotopic (exact) mass is 319 g/mol. The van der Waals surface area contributed by atoms with E-state index in [1.54, 1.807) is 12.1 Å². The molecular weight excluding hydrogens is 306 g/mol. The van der Waals surface area contributed by atoms with Gasteiger partial charge in [0.25, 0.3) is 0 Å². The molecule has 0 amide bonds. The Labute approximate surface area is 132 Å². The Morgan fingerprint density at radius 2 is 2.19 bits per heavy atom. The molecule has 2 heterocycles. The molecule has 3 nitrogen and oxygen atoms in total. The van der Waals surface area contributed by atoms with Crippen molar-refractivity contribution < 1.29 is 9.59 Å². The molecule has 0 fully saturated rings. The lowest BCUT2D eigenvalue weighted by atomic mass is 10.00. The maximum Gasteiger partial charge on any atom is 0.174 e. The number of fused-ring (bicyclic) bond motifs is 1. The Balaban J connectivity index is 1.74. The van der Waals surface area contributed by atoms with Gasteiger partial charge in [-0.25, -0.2) is 0 Å². The number of Topliss-reactive ketones (excluding diaryl/α,β-unsaturated/α-hetero) is 2. The van der Waals surface area contributed by atoms with Crippen LogP contribution in [0, 0.1) is 0 Å². The second-order valence-electron chi connectivity index (χ2n) is 4.97. The normalized spacial score (nSPS) is 14.1. The van der Waals surface area contributed by atoms with Crippen molar-refractivity contribution in [3.8, 4) is 0 Å². The van der Waals surface area contributed by atoms with Crippen LogP contribution in [0.2, 0.25) is 5.02 Å². The van der Waals surface area contributed by atoms with Crippen molar-refractivity contribution in [2.75, 3.05) is 18.0 Å². The van der Waals surface area contributed by atoms with Gasteiger partial charge in [0.05, 0.1) is 4.88 Å². The SMILES string of the molecule is O=C(CCN1CCC(=O)c2cc(Cl)ccc21)c1cccs1. The van der Waals surface area contributed by atoms with E-state index >= 15 is 0 Å². The molecule has 3 rings (SSSR count). The Hall–Kier alpha value is -1.65. The summed E-state index contributed by atoms with van der Waals surface area (Å²) in [5, 5.41) is 2.47. The lowest BCUT2D eigenvalue weighted by molar-refractivity contribution is 0.0980. The highest BCUT2D eigenvalue weighted by molar-refractivity contribution is 7.12. The maximum atomic E-state index is 12.1. The van der Waals surface area contributed by atoms with E-state index in [-0.39, 0.29) is 11.6 Å². The van der Waals surface area contributed by atoms with Crippen LogP contribution in [0.15, 0.2) is 35.7 Å². The van der Waals surface area contributed by atoms with E-state index in [9.17, 15) is 9.59 Å². The van der Waals surface area contributed by atoms with E-state index < -0.39 is 0 Å². The molecule has 1 aromatic carbocycles. The van der Waals surface area contributed by atoms with Gasteiger partial charge in [-0.1, -0.05) is 17.7 Å². The first kappa shape index (κ1) is 14.3. The smallest absolute Gasteiger partial charge is 0.174 e. The predicted molar refractivity (Wildman–Crippen MR) is 85.9 cm³/mol. The number of benzene rings is 1. The van der Waals surface area contributed by atoms with Crippen molar-refractivity contribution in [3.05, 3.63) is 51.2 Å². The predicted octanol–water partition coefficient (Wildman–Crippen LogP) is 4.07. The van der Waals surface area contributed by atoms with Crippen molar-refractivity contribution in [1.29, 1.82) is 0 Å². The lowest BCUT2D eigenvalue weighted by Gasteiger charge is -2.30. The van der Waals surface area contributed by atoms with Crippen LogP contribution < -0.4 is 4.90 Å². The number of ketones is 2. The van der Waals surface area contributed by atoms with Crippen LogP contribution >= 0.6 is 22.9 Å². The minimum atomic E-state index is 0.119. The maximum absolute atomic E-state index is 12.1. The summed E-state index contributed by atoms with van der Waals surface area (Å²) in [7, 11) is 0. The standard InChI is InChI=1S/C16H14ClNO2S/c17-11-3-4-13-12(10-11)14(19)5-7-18(13)8-6-15(20)16-2-1-9-21-16/h1-4,9-10H,5-8H2. The van der Waals surface area contributed by atoms with Crippen LogP contribution in [0.4, 0.5) is 5.69 Å². The van der Waals surface area contributed by atoms with Crippen LogP contribution in [0.25, 0.3) is 0 Å². The molecular formula is C16H14ClNO2S. The zero-order chi connectivity index (χ0) is 14.8. The molecule has 0 aliphatic carbocycles. The van der Waals surface area contributed by atoms with Gasteiger partial charge in [0.15, 0.2) is 11.6 Å². The number of nitrogens with zero attached hydrogens (tertiary/aromatic N) is 1. The molecule has 1 aromatic heterocycles. The van der Waals surface area contributed by atoms with Gasteiger partial charge in [-0.2, -0.15) is 0 Å². The summed E-state index contributed by atoms with van der Waals surface area (Å²) in [5.41, 5.74) is 1.55. The van der Waals surface area contributed by atoms with E-state index in [4.69, 9.17) is 11.6 Å². The molecule has 2 aromatic rings. The summed E-state index contributed by atoms with van der Waals surface area (Å²) < 4.78 is 0. The van der Waals surface area contributed by atoms with Crippen molar-refractivity contribution in [3.63, 3.8) is 0 Å². The van der Waals surface area contributed by atoms with Crippen molar-refractivity contribution in [2.45, 2.75) is 12.8 Å². The Morgan fingerprint density at radius 1 is 1.33 bits per heavy atom. The summed E-state index contributed by atoms with van der Waals surface area (Å²) in [6.07, 6.45) is 0.928. The van der Waals surface area contributed by atoms with Gasteiger partial charge in [0.1, 0.15) is 0 Å². The molecule has 0 spiro atoms. The number of carbonyl (C=O) groups excluding carboxylic acids is 2. The number of carbonyl (C=O) groups is 2. The van der Waals surface area contributed by atoms with Crippen molar-refractivity contribution in [2.24, 2.45) is 0 Å². The molecule has 0 radical (unpaired) electrons. The van der Waals surface area contributed by atoms with E-state index in [1.165, 1.54) is 11.3 Å². The highest BCUT2D eigenvalue weighted by atomic mass is 35.5. The Morgan fingerprint density at radius 3 is 2.95 bits per heavy atom. The minimum Gasteiger partial charge on any atom is -0.370 e. The topological polar surface area (TPSA) is 37.4 Å². The van der Waals surface area contributed by atoms with Gasteiger partial charge in [-0.3, -0.25) is 9.59 Å². The number of halogens is 1. The van der Waals surface area contributed by atoms with Gasteiger partial charge < -0.3 is 4.90 Å². The minimum absolute atomic E-state index is 0.119. The zero-order valence-corrected chi connectivity index (χ0v) is 12.9. The summed E-state index contributed by atoms with van der Waals surface area (Å²) in [4.78, 5) is 26.9. The van der Waals surface area contributed by atoms with E-state index in [2.05, 4.69) is 4.90 Å². The highest BCUT2D eigenvalue weighted by Crippen LogP contribution is 2.29. The molecule has 1 aliphatic rings. The average molecular weight is 320 g/mol. The average Bonchev–Trinajstić information content (AvgIpc) is 3.01. The first-order valence-corrected chi connectivity index (χ1v) is 8.05. The van der Waals surface area contributed by atoms with E-state index in [0.717, 1.165) is 10.6 Å². The lowest BCUT2D eigenvalue weighted by Crippen LogP contribution is -2.33. The van der Waals surface area contributed by atoms with E-state index in [0.29, 0.717) is 36.5 Å². The summed E-state index contributed by atoms with van der Waals surface area (Å²) in [5.74, 6) is 0.269. The van der Waals surface area contributed by atoms with Crippen LogP contribution in [0.3, 0.4) is 0 Å². The van der Waals surface area contributed by atoms with Crippen LogP contribution in [-0.4, -0.2) is 24.7 Å². The third-order valence-corrected chi connectivity index (χ3v) is 4.76. The highest BCUT2D eigenvalue weighted by Gasteiger charge is 2.23. The Bertz CT molecular complexity index is 682. The van der Waals surface area contributed by atoms with Crippen LogP contribution in [-0.2, 0) is 0 Å². The second kappa shape index (κ2) is 6.00. The van der Waals surface area contributed by atoms with Crippen LogP contribution in [0.1, 0.15) is 32.9 Å². The zero-order valence-electron chi connectivity index (χ0n) is 11.3. The van der Waals surface area contributed by atoms with E-state index in [1.807, 2.05) is 23.6 Å². The summed E-state index contributed by atoms with van der Waals surface area (Å²) in [6, 6.07) is 9.10. The van der Waals surface area contributed by atoms with Gasteiger partial charge in [0, 0.05) is 42.2 Å². The van der Waals surface area contributed by atoms with Gasteiger partial charge in [-0.05, 0) is 29.6 Å². The van der Waals surface area contributed by atoms with Gasteiger partial charge in [0.2, 0.25) is 0 Å². The fraction of sp³-hybridized carbons (Fsp3) is 0.250. The van der Waals surface area contributed by atoms with Gasteiger partial charge in [-0.15, -0.1) is 11.3 Å². The number of hydrogen-bond acceptors (Lipinski definition) is 4. The molecule has 0 saturated heterocycles. The number of anilines is 1. The summed E-state index contributed by atoms with van der Waals surface area (Å²) in [6.45, 7) is 1.28. The molecule has 1 aliphatic heterocycles. The molecule has 5 heteroatoms. The summed E-state index contributed by atoms with van der Waals surface area (Å²) >= 11 is 7.43. The molecule has 0 N–H and O–H groups in total. The first-order valence-electron chi connectivity index (χ1n) is 6.79. The van der Waals surface area contributed by atoms with Gasteiger partial charge >= 0.3 is 0 Å². The number of rotatable bonds is 4. The van der Waals surface area contributed by atoms with Crippen LogP contribution in [0.5, 0.6) is 0 Å². The van der Waals surface area contributed by atoms with Crippen molar-refractivity contribution in [1.82, 2.24) is 0 Å². The first-order chi connectivity index (χ1) is 10.1. The quantitative estimate of drug-likeness (QED) is 0.797. The third-order valence-electron chi connectivity index (χ3n) is 3.61. The van der Waals surface area contributed by atoms with Crippen molar-refractivity contribution >= 4 is 40.2 Å². The molecule has 21 heavy (non-hydrogen) atoms. The number of thiophene rings is 1. The molecule has 0 atom stereocenters.